The van der Waals surface area contributed by atoms with Gasteiger partial charge in [0.2, 0.25) is 0 Å². The molecule has 0 spiro atoms. The van der Waals surface area contributed by atoms with Gasteiger partial charge in [0.05, 0.1) is 6.10 Å². The molecule has 4 rings (SSSR count). The number of benzene rings is 2. The zero-order valence-corrected chi connectivity index (χ0v) is 14.6. The van der Waals surface area contributed by atoms with Crippen LogP contribution in [0.15, 0.2) is 85.5 Å². The van der Waals surface area contributed by atoms with Crippen molar-refractivity contribution in [1.82, 2.24) is 19.7 Å². The van der Waals surface area contributed by atoms with Crippen molar-refractivity contribution < 1.29 is 5.11 Å². The Morgan fingerprint density at radius 3 is 2.33 bits per heavy atom. The second kappa shape index (κ2) is 7.80. The minimum absolute atomic E-state index is 0.351. The first-order valence-corrected chi connectivity index (χ1v) is 8.69. The van der Waals surface area contributed by atoms with E-state index in [0.29, 0.717) is 18.2 Å². The van der Waals surface area contributed by atoms with Gasteiger partial charge in [-0.25, -0.2) is 4.98 Å². The van der Waals surface area contributed by atoms with Gasteiger partial charge in [-0.1, -0.05) is 54.6 Å². The quantitative estimate of drug-likeness (QED) is 0.553. The third-order valence-electron chi connectivity index (χ3n) is 4.30. The lowest BCUT2D eigenvalue weighted by molar-refractivity contribution is 0.191. The molecule has 2 aromatic heterocycles. The van der Waals surface area contributed by atoms with Gasteiger partial charge in [-0.2, -0.15) is 0 Å². The van der Waals surface area contributed by atoms with E-state index < -0.39 is 6.10 Å². The summed E-state index contributed by atoms with van der Waals surface area (Å²) in [7, 11) is 0. The highest BCUT2D eigenvalue weighted by molar-refractivity contribution is 5.63. The van der Waals surface area contributed by atoms with Crippen LogP contribution in [0.25, 0.3) is 16.9 Å². The van der Waals surface area contributed by atoms with Crippen LogP contribution in [0.1, 0.15) is 11.7 Å². The van der Waals surface area contributed by atoms with E-state index in [-0.39, 0.29) is 0 Å². The van der Waals surface area contributed by atoms with Crippen LogP contribution < -0.4 is 5.32 Å². The monoisotopic (exact) mass is 357 g/mol. The minimum atomic E-state index is -0.634. The van der Waals surface area contributed by atoms with Crippen molar-refractivity contribution in [3.8, 4) is 16.9 Å². The molecule has 2 N–H and O–H groups in total. The van der Waals surface area contributed by atoms with E-state index in [2.05, 4.69) is 32.6 Å². The second-order valence-electron chi connectivity index (χ2n) is 6.13. The average molecular weight is 357 g/mol. The molecule has 0 bridgehead atoms. The molecular formula is C21H19N5O. The number of aliphatic hydroxyl groups is 1. The Morgan fingerprint density at radius 2 is 1.67 bits per heavy atom. The standard InChI is InChI=1S/C21H19N5O/c27-19(18-8-6-17(7-9-18)16-4-2-1-3-5-16)14-23-20-10-11-21(25-24-20)26-13-12-22-15-26/h1-13,15,19,27H,14H2,(H,23,24). The summed E-state index contributed by atoms with van der Waals surface area (Å²) in [5.74, 6) is 1.30. The van der Waals surface area contributed by atoms with Crippen molar-refractivity contribution in [1.29, 1.82) is 0 Å². The first-order chi connectivity index (χ1) is 13.3. The van der Waals surface area contributed by atoms with Gasteiger partial charge in [0.15, 0.2) is 5.82 Å². The minimum Gasteiger partial charge on any atom is -0.387 e. The molecule has 1 atom stereocenters. The predicted octanol–water partition coefficient (Wildman–Crippen LogP) is 3.47. The lowest BCUT2D eigenvalue weighted by Crippen LogP contribution is -2.13. The van der Waals surface area contributed by atoms with E-state index in [9.17, 15) is 5.11 Å². The topological polar surface area (TPSA) is 75.9 Å². The molecule has 1 unspecified atom stereocenters. The molecule has 0 saturated heterocycles. The normalized spacial score (nSPS) is 11.9. The molecular weight excluding hydrogens is 338 g/mol. The molecule has 0 saturated carbocycles. The molecule has 4 aromatic rings. The third kappa shape index (κ3) is 4.02. The number of aromatic nitrogens is 4. The van der Waals surface area contributed by atoms with Gasteiger partial charge in [-0.15, -0.1) is 10.2 Å². The van der Waals surface area contributed by atoms with Crippen LogP contribution >= 0.6 is 0 Å². The lowest BCUT2D eigenvalue weighted by atomic mass is 10.0. The second-order valence-corrected chi connectivity index (χ2v) is 6.13. The number of anilines is 1. The first kappa shape index (κ1) is 16.9. The molecule has 2 aromatic carbocycles. The van der Waals surface area contributed by atoms with Crippen molar-refractivity contribution in [3.63, 3.8) is 0 Å². The average Bonchev–Trinajstić information content (AvgIpc) is 3.28. The molecule has 0 amide bonds. The number of hydrogen-bond donors (Lipinski definition) is 2. The summed E-state index contributed by atoms with van der Waals surface area (Å²) in [6.45, 7) is 0.351. The Bertz CT molecular complexity index is 968. The van der Waals surface area contributed by atoms with Crippen molar-refractivity contribution >= 4 is 5.82 Å². The highest BCUT2D eigenvalue weighted by Crippen LogP contribution is 2.22. The van der Waals surface area contributed by atoms with Gasteiger partial charge < -0.3 is 10.4 Å². The van der Waals surface area contributed by atoms with Gasteiger partial charge in [0, 0.05) is 18.9 Å². The van der Waals surface area contributed by atoms with Crippen LogP contribution in [-0.4, -0.2) is 31.4 Å². The van der Waals surface area contributed by atoms with Crippen molar-refractivity contribution in [3.05, 3.63) is 91.0 Å². The maximum Gasteiger partial charge on any atom is 0.160 e. The fourth-order valence-corrected chi connectivity index (χ4v) is 2.80. The van der Waals surface area contributed by atoms with Crippen LogP contribution in [0.4, 0.5) is 5.82 Å². The Balaban J connectivity index is 1.37. The Kier molecular flexibility index (Phi) is 4.89. The van der Waals surface area contributed by atoms with Gasteiger partial charge in [-0.05, 0) is 28.8 Å². The third-order valence-corrected chi connectivity index (χ3v) is 4.30. The molecule has 0 aliphatic rings. The van der Waals surface area contributed by atoms with E-state index in [0.717, 1.165) is 16.7 Å². The van der Waals surface area contributed by atoms with Gasteiger partial charge in [0.25, 0.3) is 0 Å². The first-order valence-electron chi connectivity index (χ1n) is 8.69. The van der Waals surface area contributed by atoms with Gasteiger partial charge in [0.1, 0.15) is 12.1 Å². The molecule has 6 heteroatoms. The Hall–Kier alpha value is -3.51. The number of aliphatic hydroxyl groups excluding tert-OH is 1. The maximum atomic E-state index is 10.4. The molecule has 0 fully saturated rings. The summed E-state index contributed by atoms with van der Waals surface area (Å²) in [6, 6.07) is 21.8. The number of nitrogens with one attached hydrogen (secondary N) is 1. The molecule has 0 aliphatic heterocycles. The van der Waals surface area contributed by atoms with Gasteiger partial charge >= 0.3 is 0 Å². The van der Waals surface area contributed by atoms with Crippen LogP contribution in [0.2, 0.25) is 0 Å². The van der Waals surface area contributed by atoms with Gasteiger partial charge in [-0.3, -0.25) is 4.57 Å². The largest absolute Gasteiger partial charge is 0.387 e. The van der Waals surface area contributed by atoms with E-state index in [1.54, 1.807) is 23.3 Å². The molecule has 0 radical (unpaired) electrons. The van der Waals surface area contributed by atoms with Crippen LogP contribution in [0.5, 0.6) is 0 Å². The molecule has 0 aliphatic carbocycles. The Morgan fingerprint density at radius 1 is 0.889 bits per heavy atom. The summed E-state index contributed by atoms with van der Waals surface area (Å²) >= 11 is 0. The van der Waals surface area contributed by atoms with E-state index in [1.807, 2.05) is 54.6 Å². The smallest absolute Gasteiger partial charge is 0.160 e. The van der Waals surface area contributed by atoms with E-state index in [1.165, 1.54) is 0 Å². The number of hydrogen-bond acceptors (Lipinski definition) is 5. The fraction of sp³-hybridized carbons (Fsp3) is 0.0952. The summed E-state index contributed by atoms with van der Waals surface area (Å²) in [6.07, 6.45) is 4.53. The summed E-state index contributed by atoms with van der Waals surface area (Å²) in [5.41, 5.74) is 3.13. The lowest BCUT2D eigenvalue weighted by Gasteiger charge is -2.13. The molecule has 27 heavy (non-hydrogen) atoms. The highest BCUT2D eigenvalue weighted by atomic mass is 16.3. The zero-order valence-electron chi connectivity index (χ0n) is 14.6. The predicted molar refractivity (Wildman–Crippen MR) is 104 cm³/mol. The number of imidazole rings is 1. The van der Waals surface area contributed by atoms with Crippen LogP contribution in [0, 0.1) is 0 Å². The Labute approximate surface area is 157 Å². The van der Waals surface area contributed by atoms with Crippen LogP contribution in [-0.2, 0) is 0 Å². The molecule has 6 nitrogen and oxygen atoms in total. The molecule has 2 heterocycles. The van der Waals surface area contributed by atoms with Crippen molar-refractivity contribution in [2.45, 2.75) is 6.10 Å². The molecule has 134 valence electrons. The van der Waals surface area contributed by atoms with E-state index in [4.69, 9.17) is 0 Å². The maximum absolute atomic E-state index is 10.4. The summed E-state index contributed by atoms with van der Waals surface area (Å²) in [4.78, 5) is 3.99. The number of rotatable bonds is 6. The fourth-order valence-electron chi connectivity index (χ4n) is 2.80. The van der Waals surface area contributed by atoms with Crippen molar-refractivity contribution in [2.24, 2.45) is 0 Å². The van der Waals surface area contributed by atoms with Crippen molar-refractivity contribution in [2.75, 3.05) is 11.9 Å². The number of nitrogens with zero attached hydrogens (tertiary/aromatic N) is 4. The van der Waals surface area contributed by atoms with Crippen LogP contribution in [0.3, 0.4) is 0 Å². The van der Waals surface area contributed by atoms with E-state index >= 15 is 0 Å². The zero-order chi connectivity index (χ0) is 18.5. The SMILES string of the molecule is OC(CNc1ccc(-n2ccnc2)nn1)c1ccc(-c2ccccc2)cc1. The highest BCUT2D eigenvalue weighted by Gasteiger charge is 2.08. The summed E-state index contributed by atoms with van der Waals surface area (Å²) < 4.78 is 1.78. The summed E-state index contributed by atoms with van der Waals surface area (Å²) in [5, 5.41) is 21.8.